The fourth-order valence-corrected chi connectivity index (χ4v) is 1.90. The first-order chi connectivity index (χ1) is 6.58. The van der Waals surface area contributed by atoms with E-state index >= 15 is 0 Å². The summed E-state index contributed by atoms with van der Waals surface area (Å²) in [5.41, 5.74) is 1.33. The number of H-pyrrole nitrogens is 1. The van der Waals surface area contributed by atoms with Crippen molar-refractivity contribution in [2.45, 2.75) is 6.92 Å². The van der Waals surface area contributed by atoms with E-state index in [1.165, 1.54) is 6.92 Å². The van der Waals surface area contributed by atoms with E-state index in [0.717, 1.165) is 10.9 Å². The van der Waals surface area contributed by atoms with E-state index in [2.05, 4.69) is 4.98 Å². The van der Waals surface area contributed by atoms with Gasteiger partial charge >= 0.3 is 0 Å². The molecule has 2 nitrogen and oxygen atoms in total. The van der Waals surface area contributed by atoms with Gasteiger partial charge in [-0.05, 0) is 18.2 Å². The molecule has 0 radical (unpaired) electrons. The van der Waals surface area contributed by atoms with E-state index in [4.69, 9.17) is 23.2 Å². The Morgan fingerprint density at radius 2 is 2.00 bits per heavy atom. The number of carbonyl (C=O) groups is 1. The van der Waals surface area contributed by atoms with Gasteiger partial charge in [0, 0.05) is 22.8 Å². The summed E-state index contributed by atoms with van der Waals surface area (Å²) in [7, 11) is 0. The van der Waals surface area contributed by atoms with Gasteiger partial charge in [0.15, 0.2) is 5.78 Å². The molecule has 0 atom stereocenters. The number of hydrogen-bond acceptors (Lipinski definition) is 1. The van der Waals surface area contributed by atoms with E-state index in [1.807, 2.05) is 0 Å². The summed E-state index contributed by atoms with van der Waals surface area (Å²) in [4.78, 5) is 14.1. The highest BCUT2D eigenvalue weighted by molar-refractivity contribution is 6.38. The fraction of sp³-hybridized carbons (Fsp3) is 0.100. The van der Waals surface area contributed by atoms with Crippen molar-refractivity contribution in [1.29, 1.82) is 0 Å². The molecule has 2 aromatic rings. The third kappa shape index (κ3) is 1.51. The molecule has 14 heavy (non-hydrogen) atoms. The summed E-state index contributed by atoms with van der Waals surface area (Å²) in [6.07, 6.45) is 0. The summed E-state index contributed by atoms with van der Waals surface area (Å²) >= 11 is 11.8. The largest absolute Gasteiger partial charge is 0.352 e. The minimum absolute atomic E-state index is 0.0200. The quantitative estimate of drug-likeness (QED) is 0.742. The first-order valence-corrected chi connectivity index (χ1v) is 4.82. The maximum atomic E-state index is 11.1. The van der Waals surface area contributed by atoms with E-state index < -0.39 is 0 Å². The molecule has 1 aromatic heterocycles. The molecular weight excluding hydrogens is 221 g/mol. The van der Waals surface area contributed by atoms with Gasteiger partial charge in [-0.1, -0.05) is 23.2 Å². The van der Waals surface area contributed by atoms with E-state index in [1.54, 1.807) is 18.2 Å². The Kier molecular flexibility index (Phi) is 2.25. The molecule has 4 heteroatoms. The van der Waals surface area contributed by atoms with Crippen molar-refractivity contribution >= 4 is 39.9 Å². The lowest BCUT2D eigenvalue weighted by Gasteiger charge is -1.94. The summed E-state index contributed by atoms with van der Waals surface area (Å²) in [6, 6.07) is 5.13. The predicted octanol–water partition coefficient (Wildman–Crippen LogP) is 3.68. The average Bonchev–Trinajstić information content (AvgIpc) is 2.47. The smallest absolute Gasteiger partial charge is 0.175 e. The highest BCUT2D eigenvalue weighted by Crippen LogP contribution is 2.28. The number of aromatic amines is 1. The van der Waals surface area contributed by atoms with Crippen molar-refractivity contribution in [3.8, 4) is 0 Å². The number of benzene rings is 1. The second-order valence-electron chi connectivity index (χ2n) is 3.09. The van der Waals surface area contributed by atoms with Crippen LogP contribution in [-0.2, 0) is 0 Å². The lowest BCUT2D eigenvalue weighted by molar-refractivity contribution is 0.101. The van der Waals surface area contributed by atoms with Gasteiger partial charge < -0.3 is 4.98 Å². The number of Topliss-reactive ketones (excluding diaryl/α,β-unsaturated/α-hetero) is 1. The zero-order valence-corrected chi connectivity index (χ0v) is 8.91. The molecule has 0 aliphatic carbocycles. The van der Waals surface area contributed by atoms with E-state index in [9.17, 15) is 4.79 Å². The Morgan fingerprint density at radius 1 is 1.29 bits per heavy atom. The summed E-state index contributed by atoms with van der Waals surface area (Å²) in [5.74, 6) is -0.0200. The fourth-order valence-electron chi connectivity index (χ4n) is 1.35. The third-order valence-corrected chi connectivity index (χ3v) is 2.56. The first-order valence-electron chi connectivity index (χ1n) is 4.06. The molecule has 0 spiro atoms. The number of nitrogens with one attached hydrogen (secondary N) is 1. The van der Waals surface area contributed by atoms with Crippen LogP contribution in [0.25, 0.3) is 10.9 Å². The zero-order chi connectivity index (χ0) is 10.3. The molecule has 2 rings (SSSR count). The molecule has 1 heterocycles. The molecule has 0 saturated heterocycles. The maximum absolute atomic E-state index is 11.1. The van der Waals surface area contributed by atoms with Crippen molar-refractivity contribution in [2.24, 2.45) is 0 Å². The normalized spacial score (nSPS) is 10.8. The molecule has 72 valence electrons. The lowest BCUT2D eigenvalue weighted by Crippen LogP contribution is -1.89. The summed E-state index contributed by atoms with van der Waals surface area (Å²) in [5, 5.41) is 1.93. The van der Waals surface area contributed by atoms with Crippen LogP contribution in [0.4, 0.5) is 0 Å². The van der Waals surface area contributed by atoms with Gasteiger partial charge in [-0.25, -0.2) is 0 Å². The van der Waals surface area contributed by atoms with Crippen LogP contribution < -0.4 is 0 Å². The Morgan fingerprint density at radius 3 is 2.64 bits per heavy atom. The van der Waals surface area contributed by atoms with Gasteiger partial charge in [0.25, 0.3) is 0 Å². The Bertz CT molecular complexity index is 516. The van der Waals surface area contributed by atoms with Crippen molar-refractivity contribution in [1.82, 2.24) is 4.98 Å². The van der Waals surface area contributed by atoms with E-state index in [-0.39, 0.29) is 5.78 Å². The van der Waals surface area contributed by atoms with Gasteiger partial charge in [0.1, 0.15) is 0 Å². The summed E-state index contributed by atoms with van der Waals surface area (Å²) in [6.45, 7) is 1.50. The first kappa shape index (κ1) is 9.56. The standard InChI is InChI=1S/C10H7Cl2NO/c1-5(14)9-4-7-8(12)2-6(11)3-10(7)13-9/h2-4,13H,1H3. The van der Waals surface area contributed by atoms with Crippen molar-refractivity contribution in [2.75, 3.05) is 0 Å². The van der Waals surface area contributed by atoms with Crippen molar-refractivity contribution in [3.05, 3.63) is 33.9 Å². The lowest BCUT2D eigenvalue weighted by atomic mass is 10.2. The Hall–Kier alpha value is -0.990. The highest BCUT2D eigenvalue weighted by atomic mass is 35.5. The number of rotatable bonds is 1. The molecule has 0 bridgehead atoms. The van der Waals surface area contributed by atoms with Gasteiger partial charge in [0.05, 0.1) is 10.7 Å². The molecule has 0 fully saturated rings. The summed E-state index contributed by atoms with van der Waals surface area (Å²) < 4.78 is 0. The van der Waals surface area contributed by atoms with Gasteiger partial charge in [-0.2, -0.15) is 0 Å². The van der Waals surface area contributed by atoms with Crippen LogP contribution in [0.2, 0.25) is 10.0 Å². The van der Waals surface area contributed by atoms with Crippen LogP contribution in [0.3, 0.4) is 0 Å². The van der Waals surface area contributed by atoms with Crippen molar-refractivity contribution in [3.63, 3.8) is 0 Å². The van der Waals surface area contributed by atoms with Gasteiger partial charge in [-0.15, -0.1) is 0 Å². The molecule has 0 aliphatic rings. The minimum Gasteiger partial charge on any atom is -0.352 e. The second kappa shape index (κ2) is 3.30. The van der Waals surface area contributed by atoms with Gasteiger partial charge in [-0.3, -0.25) is 4.79 Å². The molecular formula is C10H7Cl2NO. The monoisotopic (exact) mass is 227 g/mol. The molecule has 0 saturated carbocycles. The van der Waals surface area contributed by atoms with Crippen LogP contribution in [0.5, 0.6) is 0 Å². The zero-order valence-electron chi connectivity index (χ0n) is 7.40. The number of halogens is 2. The third-order valence-electron chi connectivity index (χ3n) is 2.03. The highest BCUT2D eigenvalue weighted by Gasteiger charge is 2.08. The van der Waals surface area contributed by atoms with Crippen molar-refractivity contribution < 1.29 is 4.79 Å². The Balaban J connectivity index is 2.76. The molecule has 0 aliphatic heterocycles. The Labute approximate surface area is 90.8 Å². The van der Waals surface area contributed by atoms with E-state index in [0.29, 0.717) is 15.7 Å². The minimum atomic E-state index is -0.0200. The van der Waals surface area contributed by atoms with Crippen LogP contribution in [-0.4, -0.2) is 10.8 Å². The van der Waals surface area contributed by atoms with Gasteiger partial charge in [0.2, 0.25) is 0 Å². The predicted molar refractivity (Wildman–Crippen MR) is 58.3 cm³/mol. The molecule has 1 N–H and O–H groups in total. The molecule has 0 unspecified atom stereocenters. The van der Waals surface area contributed by atoms with Crippen LogP contribution >= 0.6 is 23.2 Å². The number of fused-ring (bicyclic) bond motifs is 1. The number of ketones is 1. The molecule has 1 aromatic carbocycles. The maximum Gasteiger partial charge on any atom is 0.175 e. The molecule has 0 amide bonds. The SMILES string of the molecule is CC(=O)c1cc2c(Cl)cc(Cl)cc2[nH]1. The van der Waals surface area contributed by atoms with Crippen LogP contribution in [0.15, 0.2) is 18.2 Å². The number of hydrogen-bond donors (Lipinski definition) is 1. The second-order valence-corrected chi connectivity index (χ2v) is 3.93. The van der Waals surface area contributed by atoms with Crippen LogP contribution in [0, 0.1) is 0 Å². The number of aromatic nitrogens is 1. The number of carbonyl (C=O) groups excluding carboxylic acids is 1. The average molecular weight is 228 g/mol. The topological polar surface area (TPSA) is 32.9 Å². The van der Waals surface area contributed by atoms with Crippen LogP contribution in [0.1, 0.15) is 17.4 Å².